The van der Waals surface area contributed by atoms with E-state index in [4.69, 9.17) is 0 Å². The molecule has 1 heterocycles. The third-order valence-electron chi connectivity index (χ3n) is 1.80. The van der Waals surface area contributed by atoms with E-state index in [0.717, 1.165) is 12.8 Å². The van der Waals surface area contributed by atoms with Crippen molar-refractivity contribution in [3.63, 3.8) is 0 Å². The van der Waals surface area contributed by atoms with E-state index in [9.17, 15) is 0 Å². The minimum absolute atomic E-state index is 0.602. The fourth-order valence-corrected chi connectivity index (χ4v) is 1.05. The fraction of sp³-hybridized carbons (Fsp3) is 0.500. The van der Waals surface area contributed by atoms with Crippen molar-refractivity contribution in [3.8, 4) is 0 Å². The van der Waals surface area contributed by atoms with Gasteiger partial charge >= 0.3 is 0 Å². The van der Waals surface area contributed by atoms with Gasteiger partial charge in [-0.25, -0.2) is 0 Å². The summed E-state index contributed by atoms with van der Waals surface area (Å²) in [5.74, 6) is 0.602. The predicted octanol–water partition coefficient (Wildman–Crippen LogP) is 2.95. The number of aliphatic imine (C=N–C) groups is 1. The Morgan fingerprint density at radius 2 is 2.18 bits per heavy atom. The van der Waals surface area contributed by atoms with E-state index < -0.39 is 0 Å². The molecule has 0 spiro atoms. The Kier molecular flexibility index (Phi) is 3.09. The SMILES string of the molecule is CC(C)C1=C/CC/C=C/N=C\1. The molecule has 0 N–H and O–H groups in total. The lowest BCUT2D eigenvalue weighted by Crippen LogP contribution is -1.95. The molecule has 0 amide bonds. The van der Waals surface area contributed by atoms with Gasteiger partial charge in [0.25, 0.3) is 0 Å². The zero-order valence-electron chi connectivity index (χ0n) is 7.25. The summed E-state index contributed by atoms with van der Waals surface area (Å²) in [5.41, 5.74) is 1.36. The molecule has 1 aliphatic rings. The Balaban J connectivity index is 2.69. The predicted molar refractivity (Wildman–Crippen MR) is 49.8 cm³/mol. The highest BCUT2D eigenvalue weighted by Crippen LogP contribution is 2.10. The smallest absolute Gasteiger partial charge is 0.0299 e. The van der Waals surface area contributed by atoms with Crippen molar-refractivity contribution in [1.29, 1.82) is 0 Å². The lowest BCUT2D eigenvalue weighted by molar-refractivity contribution is 0.796. The summed E-state index contributed by atoms with van der Waals surface area (Å²) in [6.45, 7) is 4.40. The summed E-state index contributed by atoms with van der Waals surface area (Å²) < 4.78 is 0. The molecule has 0 saturated carbocycles. The van der Waals surface area contributed by atoms with Gasteiger partial charge in [0, 0.05) is 12.4 Å². The van der Waals surface area contributed by atoms with Crippen LogP contribution in [-0.2, 0) is 0 Å². The Morgan fingerprint density at radius 3 is 2.91 bits per heavy atom. The number of nitrogens with zero attached hydrogens (tertiary/aromatic N) is 1. The fourth-order valence-electron chi connectivity index (χ4n) is 1.05. The lowest BCUT2D eigenvalue weighted by Gasteiger charge is -2.05. The van der Waals surface area contributed by atoms with Crippen LogP contribution in [0, 0.1) is 5.92 Å². The first-order valence-corrected chi connectivity index (χ1v) is 4.19. The second kappa shape index (κ2) is 4.12. The maximum absolute atomic E-state index is 4.16. The first kappa shape index (κ1) is 8.25. The largest absolute Gasteiger partial charge is 0.265 e. The summed E-state index contributed by atoms with van der Waals surface area (Å²) in [6, 6.07) is 0. The molecule has 1 nitrogen and oxygen atoms in total. The highest BCUT2D eigenvalue weighted by molar-refractivity contribution is 5.79. The van der Waals surface area contributed by atoms with Crippen molar-refractivity contribution < 1.29 is 0 Å². The number of allylic oxidation sites excluding steroid dienone is 3. The Hall–Kier alpha value is -0.850. The molecule has 1 aliphatic heterocycles. The number of hydrogen-bond acceptors (Lipinski definition) is 1. The normalized spacial score (nSPS) is 28.5. The average molecular weight is 149 g/mol. The third-order valence-corrected chi connectivity index (χ3v) is 1.80. The molecule has 11 heavy (non-hydrogen) atoms. The molecule has 0 saturated heterocycles. The second-order valence-corrected chi connectivity index (χ2v) is 3.10. The van der Waals surface area contributed by atoms with E-state index in [1.54, 1.807) is 0 Å². The zero-order valence-corrected chi connectivity index (χ0v) is 7.25. The Labute approximate surface area is 68.5 Å². The van der Waals surface area contributed by atoms with E-state index in [2.05, 4.69) is 31.0 Å². The van der Waals surface area contributed by atoms with Crippen LogP contribution in [0.15, 0.2) is 28.9 Å². The standard InChI is InChI=1S/C10H15N/c1-9(2)10-6-4-3-5-7-11-8-10/h5-9H,3-4H2,1-2H3/b7-5+,10-6+,11-8-. The van der Waals surface area contributed by atoms with Gasteiger partial charge in [0.15, 0.2) is 0 Å². The zero-order chi connectivity index (χ0) is 8.10. The topological polar surface area (TPSA) is 12.4 Å². The van der Waals surface area contributed by atoms with Crippen LogP contribution in [0.5, 0.6) is 0 Å². The molecule has 1 rings (SSSR count). The molecule has 0 aliphatic carbocycles. The highest BCUT2D eigenvalue weighted by Gasteiger charge is 1.98. The lowest BCUT2D eigenvalue weighted by atomic mass is 10.0. The van der Waals surface area contributed by atoms with Gasteiger partial charge in [0.2, 0.25) is 0 Å². The van der Waals surface area contributed by atoms with Crippen molar-refractivity contribution in [1.82, 2.24) is 0 Å². The molecular formula is C10H15N. The molecule has 0 fully saturated rings. The Morgan fingerprint density at radius 1 is 1.36 bits per heavy atom. The van der Waals surface area contributed by atoms with Crippen LogP contribution in [0.25, 0.3) is 0 Å². The van der Waals surface area contributed by atoms with Crippen molar-refractivity contribution in [2.24, 2.45) is 10.9 Å². The number of rotatable bonds is 1. The highest BCUT2D eigenvalue weighted by atomic mass is 14.7. The second-order valence-electron chi connectivity index (χ2n) is 3.10. The maximum Gasteiger partial charge on any atom is 0.0299 e. The molecule has 0 aromatic rings. The van der Waals surface area contributed by atoms with Crippen LogP contribution < -0.4 is 0 Å². The molecule has 0 aromatic heterocycles. The van der Waals surface area contributed by atoms with E-state index in [1.165, 1.54) is 5.57 Å². The van der Waals surface area contributed by atoms with Gasteiger partial charge in [-0.1, -0.05) is 26.0 Å². The molecule has 0 aromatic carbocycles. The van der Waals surface area contributed by atoms with E-state index in [1.807, 2.05) is 12.4 Å². The van der Waals surface area contributed by atoms with Gasteiger partial charge in [-0.15, -0.1) is 0 Å². The monoisotopic (exact) mass is 149 g/mol. The molecule has 60 valence electrons. The average Bonchev–Trinajstić information content (AvgIpc) is 1.84. The van der Waals surface area contributed by atoms with Crippen LogP contribution in [0.4, 0.5) is 0 Å². The third kappa shape index (κ3) is 2.71. The van der Waals surface area contributed by atoms with Crippen LogP contribution >= 0.6 is 0 Å². The van der Waals surface area contributed by atoms with Crippen molar-refractivity contribution in [3.05, 3.63) is 23.9 Å². The van der Waals surface area contributed by atoms with Gasteiger partial charge in [0.05, 0.1) is 0 Å². The summed E-state index contributed by atoms with van der Waals surface area (Å²) in [7, 11) is 0. The van der Waals surface area contributed by atoms with Crippen LogP contribution in [0.1, 0.15) is 26.7 Å². The minimum Gasteiger partial charge on any atom is -0.265 e. The molecule has 1 heteroatoms. The van der Waals surface area contributed by atoms with Crippen molar-refractivity contribution >= 4 is 6.21 Å². The quantitative estimate of drug-likeness (QED) is 0.543. The maximum atomic E-state index is 4.16. The summed E-state index contributed by atoms with van der Waals surface area (Å²) in [4.78, 5) is 4.16. The number of hydrogen-bond donors (Lipinski definition) is 0. The Bertz CT molecular complexity index is 197. The van der Waals surface area contributed by atoms with E-state index in [-0.39, 0.29) is 0 Å². The minimum atomic E-state index is 0.602. The summed E-state index contributed by atoms with van der Waals surface area (Å²) in [5, 5.41) is 0. The summed E-state index contributed by atoms with van der Waals surface area (Å²) >= 11 is 0. The first-order chi connectivity index (χ1) is 5.30. The van der Waals surface area contributed by atoms with Crippen molar-refractivity contribution in [2.45, 2.75) is 26.7 Å². The van der Waals surface area contributed by atoms with Gasteiger partial charge in [-0.3, -0.25) is 4.99 Å². The van der Waals surface area contributed by atoms with Gasteiger partial charge in [0.1, 0.15) is 0 Å². The molecule has 0 atom stereocenters. The van der Waals surface area contributed by atoms with Gasteiger partial charge < -0.3 is 0 Å². The van der Waals surface area contributed by atoms with E-state index in [0.29, 0.717) is 5.92 Å². The van der Waals surface area contributed by atoms with Crippen LogP contribution in [0.2, 0.25) is 0 Å². The first-order valence-electron chi connectivity index (χ1n) is 4.19. The molecular weight excluding hydrogens is 134 g/mol. The van der Waals surface area contributed by atoms with Crippen LogP contribution in [0.3, 0.4) is 0 Å². The van der Waals surface area contributed by atoms with Gasteiger partial charge in [-0.2, -0.15) is 0 Å². The molecule has 0 radical (unpaired) electrons. The molecule has 0 bridgehead atoms. The van der Waals surface area contributed by atoms with Gasteiger partial charge in [-0.05, 0) is 24.3 Å². The molecule has 0 unspecified atom stereocenters. The van der Waals surface area contributed by atoms with Crippen molar-refractivity contribution in [2.75, 3.05) is 0 Å². The van der Waals surface area contributed by atoms with Crippen LogP contribution in [-0.4, -0.2) is 6.21 Å². The van der Waals surface area contributed by atoms with E-state index >= 15 is 0 Å². The summed E-state index contributed by atoms with van der Waals surface area (Å²) in [6.07, 6.45) is 10.5.